The molecule has 6 heteroatoms. The van der Waals surface area contributed by atoms with Gasteiger partial charge in [0.05, 0.1) is 11.6 Å². The van der Waals surface area contributed by atoms with Gasteiger partial charge in [-0.15, -0.1) is 0 Å². The second-order valence-corrected chi connectivity index (χ2v) is 9.36. The summed E-state index contributed by atoms with van der Waals surface area (Å²) < 4.78 is 1.62. The Morgan fingerprint density at radius 2 is 1.85 bits per heavy atom. The molecule has 2 fully saturated rings. The van der Waals surface area contributed by atoms with Crippen LogP contribution in [0.2, 0.25) is 0 Å². The van der Waals surface area contributed by atoms with Crippen LogP contribution in [0.4, 0.5) is 0 Å². The van der Waals surface area contributed by atoms with Crippen LogP contribution in [0.15, 0.2) is 16.9 Å². The summed E-state index contributed by atoms with van der Waals surface area (Å²) in [5.41, 5.74) is 0.834. The number of amides is 1. The first-order valence-corrected chi connectivity index (χ1v) is 10.3. The summed E-state index contributed by atoms with van der Waals surface area (Å²) in [4.78, 5) is 29.3. The van der Waals surface area contributed by atoms with Gasteiger partial charge in [-0.1, -0.05) is 20.8 Å². The number of likely N-dealkylation sites (tertiary alicyclic amines) is 2. The molecule has 0 N–H and O–H groups in total. The highest BCUT2D eigenvalue weighted by molar-refractivity contribution is 5.79. The number of aromatic nitrogens is 2. The average Bonchev–Trinajstić information content (AvgIpc) is 2.62. The maximum Gasteiger partial charge on any atom is 0.266 e. The van der Waals surface area contributed by atoms with Gasteiger partial charge in [-0.25, -0.2) is 4.68 Å². The van der Waals surface area contributed by atoms with Crippen molar-refractivity contribution in [3.05, 3.63) is 28.2 Å². The van der Waals surface area contributed by atoms with Crippen LogP contribution in [0, 0.1) is 11.8 Å². The molecule has 1 unspecified atom stereocenters. The molecule has 0 saturated carbocycles. The molecule has 1 aromatic rings. The van der Waals surface area contributed by atoms with Crippen molar-refractivity contribution in [2.45, 2.75) is 58.4 Å². The third kappa shape index (κ3) is 4.98. The second-order valence-electron chi connectivity index (χ2n) is 9.36. The lowest BCUT2D eigenvalue weighted by Gasteiger charge is -2.37. The molecule has 1 aromatic heterocycles. The Balaban J connectivity index is 1.57. The monoisotopic (exact) mass is 374 g/mol. The summed E-state index contributed by atoms with van der Waals surface area (Å²) in [6.07, 6.45) is 4.02. The van der Waals surface area contributed by atoms with Gasteiger partial charge in [-0.3, -0.25) is 9.59 Å². The molecule has 0 bridgehead atoms. The molecule has 3 rings (SSSR count). The van der Waals surface area contributed by atoms with E-state index in [-0.39, 0.29) is 16.9 Å². The highest BCUT2D eigenvalue weighted by atomic mass is 16.2. The van der Waals surface area contributed by atoms with Crippen molar-refractivity contribution in [1.29, 1.82) is 0 Å². The van der Waals surface area contributed by atoms with Crippen LogP contribution in [-0.2, 0) is 16.8 Å². The highest BCUT2D eigenvalue weighted by Gasteiger charge is 2.30. The number of hydrogen-bond donors (Lipinski definition) is 0. The van der Waals surface area contributed by atoms with Gasteiger partial charge in [-0.2, -0.15) is 5.10 Å². The molecule has 6 nitrogen and oxygen atoms in total. The van der Waals surface area contributed by atoms with Gasteiger partial charge in [-0.05, 0) is 51.3 Å². The van der Waals surface area contributed by atoms with Crippen molar-refractivity contribution in [3.63, 3.8) is 0 Å². The van der Waals surface area contributed by atoms with Crippen LogP contribution < -0.4 is 5.56 Å². The van der Waals surface area contributed by atoms with E-state index in [2.05, 4.69) is 37.8 Å². The van der Waals surface area contributed by atoms with Gasteiger partial charge in [0.1, 0.15) is 0 Å². The lowest BCUT2D eigenvalue weighted by Crippen LogP contribution is -2.47. The number of rotatable bonds is 3. The lowest BCUT2D eigenvalue weighted by atomic mass is 9.92. The average molecular weight is 375 g/mol. The molecule has 0 radical (unpaired) electrons. The van der Waals surface area contributed by atoms with Crippen molar-refractivity contribution in [1.82, 2.24) is 19.6 Å². The van der Waals surface area contributed by atoms with E-state index in [9.17, 15) is 9.59 Å². The number of hydrogen-bond acceptors (Lipinski definition) is 4. The Morgan fingerprint density at radius 1 is 1.15 bits per heavy atom. The predicted molar refractivity (Wildman–Crippen MR) is 107 cm³/mol. The number of piperidine rings is 2. The van der Waals surface area contributed by atoms with Crippen molar-refractivity contribution in [2.24, 2.45) is 11.8 Å². The fraction of sp³-hybridized carbons (Fsp3) is 0.762. The first kappa shape index (κ1) is 20.1. The minimum Gasteiger partial charge on any atom is -0.342 e. The van der Waals surface area contributed by atoms with Gasteiger partial charge in [0.25, 0.3) is 5.56 Å². The SMILES string of the molecule is CN1CCCC(C(=O)N2CCC(Cn3nc(C(C)(C)C)ccc3=O)CC2)C1. The quantitative estimate of drug-likeness (QED) is 0.813. The van der Waals surface area contributed by atoms with Gasteiger partial charge >= 0.3 is 0 Å². The Kier molecular flexibility index (Phi) is 6.04. The van der Waals surface area contributed by atoms with E-state index in [1.165, 1.54) is 0 Å². The number of carbonyl (C=O) groups is 1. The van der Waals surface area contributed by atoms with Crippen molar-refractivity contribution in [2.75, 3.05) is 33.2 Å². The second kappa shape index (κ2) is 8.13. The lowest BCUT2D eigenvalue weighted by molar-refractivity contribution is -0.138. The third-order valence-electron chi connectivity index (χ3n) is 5.97. The fourth-order valence-corrected chi connectivity index (χ4v) is 4.19. The molecule has 2 saturated heterocycles. The molecule has 1 amide bonds. The topological polar surface area (TPSA) is 58.4 Å². The van der Waals surface area contributed by atoms with E-state index >= 15 is 0 Å². The van der Waals surface area contributed by atoms with E-state index in [1.807, 2.05) is 11.0 Å². The molecule has 2 aliphatic heterocycles. The summed E-state index contributed by atoms with van der Waals surface area (Å²) >= 11 is 0. The first-order valence-electron chi connectivity index (χ1n) is 10.3. The first-order chi connectivity index (χ1) is 12.7. The van der Waals surface area contributed by atoms with Gasteiger partial charge in [0, 0.05) is 37.7 Å². The molecule has 0 aliphatic carbocycles. The molecule has 3 heterocycles. The summed E-state index contributed by atoms with van der Waals surface area (Å²) in [5, 5.41) is 4.59. The molecule has 0 aromatic carbocycles. The van der Waals surface area contributed by atoms with E-state index in [0.29, 0.717) is 18.4 Å². The van der Waals surface area contributed by atoms with Crippen LogP contribution in [0.5, 0.6) is 0 Å². The molecule has 1 atom stereocenters. The maximum absolute atomic E-state index is 12.8. The normalized spacial score (nSPS) is 22.8. The highest BCUT2D eigenvalue weighted by Crippen LogP contribution is 2.24. The van der Waals surface area contributed by atoms with E-state index in [0.717, 1.165) is 57.6 Å². The zero-order chi connectivity index (χ0) is 19.6. The summed E-state index contributed by atoms with van der Waals surface area (Å²) in [6.45, 7) is 10.6. The molecule has 27 heavy (non-hydrogen) atoms. The van der Waals surface area contributed by atoms with Crippen LogP contribution >= 0.6 is 0 Å². The van der Waals surface area contributed by atoms with E-state index in [4.69, 9.17) is 0 Å². The minimum atomic E-state index is -0.0710. The van der Waals surface area contributed by atoms with Gasteiger partial charge in [0.2, 0.25) is 5.91 Å². The Morgan fingerprint density at radius 3 is 2.48 bits per heavy atom. The summed E-state index contributed by atoms with van der Waals surface area (Å²) in [6, 6.07) is 3.47. The molecule has 0 spiro atoms. The summed E-state index contributed by atoms with van der Waals surface area (Å²) in [7, 11) is 2.10. The van der Waals surface area contributed by atoms with Crippen LogP contribution in [0.1, 0.15) is 52.1 Å². The Hall–Kier alpha value is -1.69. The van der Waals surface area contributed by atoms with E-state index in [1.54, 1.807) is 10.7 Å². The summed E-state index contributed by atoms with van der Waals surface area (Å²) in [5.74, 6) is 0.890. The van der Waals surface area contributed by atoms with Crippen LogP contribution in [0.3, 0.4) is 0 Å². The van der Waals surface area contributed by atoms with Crippen LogP contribution in [-0.4, -0.2) is 58.7 Å². The Bertz CT molecular complexity index is 714. The van der Waals surface area contributed by atoms with Crippen molar-refractivity contribution >= 4 is 5.91 Å². The molecular formula is C21H34N4O2. The third-order valence-corrected chi connectivity index (χ3v) is 5.97. The predicted octanol–water partition coefficient (Wildman–Crippen LogP) is 2.12. The smallest absolute Gasteiger partial charge is 0.266 e. The number of carbonyl (C=O) groups excluding carboxylic acids is 1. The van der Waals surface area contributed by atoms with Gasteiger partial charge in [0.15, 0.2) is 0 Å². The van der Waals surface area contributed by atoms with E-state index < -0.39 is 0 Å². The molecule has 150 valence electrons. The number of nitrogens with zero attached hydrogens (tertiary/aromatic N) is 4. The minimum absolute atomic E-state index is 0.0354. The van der Waals surface area contributed by atoms with Crippen molar-refractivity contribution < 1.29 is 4.79 Å². The Labute approximate surface area is 162 Å². The molecular weight excluding hydrogens is 340 g/mol. The van der Waals surface area contributed by atoms with Crippen molar-refractivity contribution in [3.8, 4) is 0 Å². The van der Waals surface area contributed by atoms with Gasteiger partial charge < -0.3 is 9.80 Å². The molecule has 2 aliphatic rings. The zero-order valence-corrected chi connectivity index (χ0v) is 17.3. The largest absolute Gasteiger partial charge is 0.342 e. The zero-order valence-electron chi connectivity index (χ0n) is 17.3. The maximum atomic E-state index is 12.8. The fourth-order valence-electron chi connectivity index (χ4n) is 4.19. The standard InChI is InChI=1S/C21H34N4O2/c1-21(2,3)18-7-8-19(26)25(22-18)14-16-9-12-24(13-10-16)20(27)17-6-5-11-23(4)15-17/h7-8,16-17H,5-6,9-15H2,1-4H3. The van der Waals surface area contributed by atoms with Crippen LogP contribution in [0.25, 0.3) is 0 Å².